The summed E-state index contributed by atoms with van der Waals surface area (Å²) in [5, 5.41) is 3.24. The van der Waals surface area contributed by atoms with E-state index in [1.807, 2.05) is 13.1 Å². The second-order valence-corrected chi connectivity index (χ2v) is 5.20. The van der Waals surface area contributed by atoms with E-state index in [4.69, 9.17) is 0 Å². The van der Waals surface area contributed by atoms with Crippen molar-refractivity contribution < 1.29 is 4.39 Å². The predicted octanol–water partition coefficient (Wildman–Crippen LogP) is 3.71. The molecule has 0 spiro atoms. The van der Waals surface area contributed by atoms with Crippen LogP contribution in [-0.4, -0.2) is 13.6 Å². The van der Waals surface area contributed by atoms with E-state index in [0.29, 0.717) is 5.92 Å². The molecule has 17 heavy (non-hydrogen) atoms. The molecule has 0 aliphatic heterocycles. The first-order valence-corrected chi connectivity index (χ1v) is 6.69. The number of rotatable bonds is 5. The van der Waals surface area contributed by atoms with Gasteiger partial charge in [-0.05, 0) is 43.0 Å². The Bertz CT molecular complexity index is 345. The highest BCUT2D eigenvalue weighted by Gasteiger charge is 2.21. The molecule has 0 aromatic heterocycles. The van der Waals surface area contributed by atoms with Crippen LogP contribution in [0.4, 0.5) is 4.39 Å². The summed E-state index contributed by atoms with van der Waals surface area (Å²) in [6.45, 7) is 0.944. The number of benzene rings is 1. The molecular weight excluding hydrogens is 213 g/mol. The maximum absolute atomic E-state index is 13.3. The molecule has 1 fully saturated rings. The summed E-state index contributed by atoms with van der Waals surface area (Å²) in [5.41, 5.74) is 1.14. The summed E-state index contributed by atoms with van der Waals surface area (Å²) < 4.78 is 13.3. The molecule has 1 unspecified atom stereocenters. The summed E-state index contributed by atoms with van der Waals surface area (Å²) >= 11 is 0. The van der Waals surface area contributed by atoms with Crippen molar-refractivity contribution in [2.75, 3.05) is 13.6 Å². The van der Waals surface area contributed by atoms with E-state index in [2.05, 4.69) is 11.4 Å². The molecule has 2 heteroatoms. The van der Waals surface area contributed by atoms with Crippen molar-refractivity contribution in [3.63, 3.8) is 0 Å². The van der Waals surface area contributed by atoms with E-state index in [1.165, 1.54) is 38.2 Å². The Kier molecular flexibility index (Phi) is 4.55. The molecule has 0 amide bonds. The third kappa shape index (κ3) is 3.53. The minimum Gasteiger partial charge on any atom is -0.319 e. The molecule has 0 radical (unpaired) electrons. The minimum atomic E-state index is -0.116. The van der Waals surface area contributed by atoms with Crippen LogP contribution in [0.15, 0.2) is 24.3 Å². The molecule has 1 aromatic rings. The van der Waals surface area contributed by atoms with Crippen LogP contribution in [0, 0.1) is 11.7 Å². The first-order valence-electron chi connectivity index (χ1n) is 6.69. The van der Waals surface area contributed by atoms with Crippen molar-refractivity contribution in [3.8, 4) is 0 Å². The SMILES string of the molecule is CNCC(CC1CCCC1)c1cccc(F)c1. The largest absolute Gasteiger partial charge is 0.319 e. The van der Waals surface area contributed by atoms with Crippen LogP contribution in [0.25, 0.3) is 0 Å². The summed E-state index contributed by atoms with van der Waals surface area (Å²) in [4.78, 5) is 0. The van der Waals surface area contributed by atoms with Crippen molar-refractivity contribution >= 4 is 0 Å². The van der Waals surface area contributed by atoms with Gasteiger partial charge in [0.25, 0.3) is 0 Å². The van der Waals surface area contributed by atoms with Crippen LogP contribution in [-0.2, 0) is 0 Å². The zero-order chi connectivity index (χ0) is 12.1. The fraction of sp³-hybridized carbons (Fsp3) is 0.600. The van der Waals surface area contributed by atoms with Gasteiger partial charge in [-0.25, -0.2) is 4.39 Å². The Morgan fingerprint density at radius 1 is 1.35 bits per heavy atom. The molecule has 1 aromatic carbocycles. The normalized spacial score (nSPS) is 18.5. The van der Waals surface area contributed by atoms with Gasteiger partial charge in [-0.2, -0.15) is 0 Å². The standard InChI is InChI=1S/C15H22FN/c1-17-11-14(9-12-5-2-3-6-12)13-7-4-8-15(16)10-13/h4,7-8,10,12,14,17H,2-3,5-6,9,11H2,1H3. The second-order valence-electron chi connectivity index (χ2n) is 5.20. The van der Waals surface area contributed by atoms with Crippen molar-refractivity contribution in [2.24, 2.45) is 5.92 Å². The van der Waals surface area contributed by atoms with Gasteiger partial charge in [0, 0.05) is 6.54 Å². The maximum atomic E-state index is 13.3. The van der Waals surface area contributed by atoms with Crippen LogP contribution < -0.4 is 5.32 Å². The van der Waals surface area contributed by atoms with Crippen molar-refractivity contribution in [2.45, 2.75) is 38.0 Å². The predicted molar refractivity (Wildman–Crippen MR) is 69.6 cm³/mol. The minimum absolute atomic E-state index is 0.116. The number of hydrogen-bond donors (Lipinski definition) is 1. The average molecular weight is 235 g/mol. The summed E-state index contributed by atoms with van der Waals surface area (Å²) in [6, 6.07) is 7.09. The topological polar surface area (TPSA) is 12.0 Å². The Labute approximate surface area is 103 Å². The Morgan fingerprint density at radius 3 is 2.76 bits per heavy atom. The van der Waals surface area contributed by atoms with Crippen LogP contribution >= 0.6 is 0 Å². The molecule has 1 aliphatic carbocycles. The highest BCUT2D eigenvalue weighted by molar-refractivity contribution is 5.21. The lowest BCUT2D eigenvalue weighted by Crippen LogP contribution is -2.19. The molecule has 1 atom stereocenters. The quantitative estimate of drug-likeness (QED) is 0.820. The summed E-state index contributed by atoms with van der Waals surface area (Å²) in [6.07, 6.45) is 6.66. The lowest BCUT2D eigenvalue weighted by molar-refractivity contribution is 0.434. The van der Waals surface area contributed by atoms with Gasteiger partial charge in [-0.1, -0.05) is 37.8 Å². The number of nitrogens with one attached hydrogen (secondary N) is 1. The highest BCUT2D eigenvalue weighted by atomic mass is 19.1. The first-order chi connectivity index (χ1) is 8.29. The van der Waals surface area contributed by atoms with Gasteiger partial charge < -0.3 is 5.32 Å². The Hall–Kier alpha value is -0.890. The zero-order valence-electron chi connectivity index (χ0n) is 10.6. The highest BCUT2D eigenvalue weighted by Crippen LogP contribution is 2.33. The third-order valence-corrected chi connectivity index (χ3v) is 3.86. The molecule has 94 valence electrons. The molecule has 1 nitrogen and oxygen atoms in total. The van der Waals surface area contributed by atoms with Crippen LogP contribution in [0.1, 0.15) is 43.6 Å². The molecule has 1 N–H and O–H groups in total. The molecule has 0 saturated heterocycles. The van der Waals surface area contributed by atoms with Gasteiger partial charge in [-0.3, -0.25) is 0 Å². The maximum Gasteiger partial charge on any atom is 0.123 e. The fourth-order valence-electron chi connectivity index (χ4n) is 2.99. The van der Waals surface area contributed by atoms with Gasteiger partial charge in [0.2, 0.25) is 0 Å². The molecule has 1 aliphatic rings. The number of halogens is 1. The van der Waals surface area contributed by atoms with Gasteiger partial charge in [0.05, 0.1) is 0 Å². The molecular formula is C15H22FN. The third-order valence-electron chi connectivity index (χ3n) is 3.86. The van der Waals surface area contributed by atoms with E-state index in [9.17, 15) is 4.39 Å². The molecule has 0 heterocycles. The van der Waals surface area contributed by atoms with Crippen molar-refractivity contribution in [3.05, 3.63) is 35.6 Å². The average Bonchev–Trinajstić information content (AvgIpc) is 2.81. The van der Waals surface area contributed by atoms with Crippen LogP contribution in [0.3, 0.4) is 0 Å². The van der Waals surface area contributed by atoms with Gasteiger partial charge in [0.1, 0.15) is 5.82 Å². The second kappa shape index (κ2) is 6.15. The monoisotopic (exact) mass is 235 g/mol. The van der Waals surface area contributed by atoms with E-state index in [0.717, 1.165) is 18.0 Å². The van der Waals surface area contributed by atoms with Gasteiger partial charge in [-0.15, -0.1) is 0 Å². The van der Waals surface area contributed by atoms with Crippen LogP contribution in [0.2, 0.25) is 0 Å². The summed E-state index contributed by atoms with van der Waals surface area (Å²) in [5.74, 6) is 1.19. The van der Waals surface area contributed by atoms with Crippen LogP contribution in [0.5, 0.6) is 0 Å². The van der Waals surface area contributed by atoms with Crippen molar-refractivity contribution in [1.82, 2.24) is 5.32 Å². The molecule has 2 rings (SSSR count). The summed E-state index contributed by atoms with van der Waals surface area (Å²) in [7, 11) is 1.97. The van der Waals surface area contributed by atoms with Gasteiger partial charge in [0.15, 0.2) is 0 Å². The smallest absolute Gasteiger partial charge is 0.123 e. The van der Waals surface area contributed by atoms with E-state index < -0.39 is 0 Å². The molecule has 0 bridgehead atoms. The zero-order valence-corrected chi connectivity index (χ0v) is 10.6. The Morgan fingerprint density at radius 2 is 2.12 bits per heavy atom. The number of likely N-dealkylation sites (N-methyl/N-ethyl adjacent to an activating group) is 1. The van der Waals surface area contributed by atoms with E-state index >= 15 is 0 Å². The number of hydrogen-bond acceptors (Lipinski definition) is 1. The molecule has 1 saturated carbocycles. The fourth-order valence-corrected chi connectivity index (χ4v) is 2.99. The van der Waals surface area contributed by atoms with E-state index in [1.54, 1.807) is 6.07 Å². The van der Waals surface area contributed by atoms with Crippen molar-refractivity contribution in [1.29, 1.82) is 0 Å². The van der Waals surface area contributed by atoms with Gasteiger partial charge >= 0.3 is 0 Å². The van der Waals surface area contributed by atoms with E-state index in [-0.39, 0.29) is 5.82 Å². The lowest BCUT2D eigenvalue weighted by atomic mass is 9.88. The first kappa shape index (κ1) is 12.6. The Balaban J connectivity index is 2.04. The lowest BCUT2D eigenvalue weighted by Gasteiger charge is -2.20.